The lowest BCUT2D eigenvalue weighted by Crippen LogP contribution is -2.39. The Kier molecular flexibility index (Phi) is 5.74. The van der Waals surface area contributed by atoms with Gasteiger partial charge in [0, 0.05) is 4.88 Å². The van der Waals surface area contributed by atoms with E-state index in [1.165, 1.54) is 23.5 Å². The van der Waals surface area contributed by atoms with Crippen molar-refractivity contribution in [1.82, 2.24) is 4.90 Å². The fourth-order valence-electron chi connectivity index (χ4n) is 3.32. The Morgan fingerprint density at radius 1 is 1.23 bits per heavy atom. The van der Waals surface area contributed by atoms with Gasteiger partial charge in [-0.1, -0.05) is 12.1 Å². The predicted molar refractivity (Wildman–Crippen MR) is 97.2 cm³/mol. The number of aliphatic carboxylic acids is 1. The summed E-state index contributed by atoms with van der Waals surface area (Å²) in [5.41, 5.74) is -0.0982. The largest absolute Gasteiger partial charge is 0.481 e. The van der Waals surface area contributed by atoms with E-state index in [0.717, 1.165) is 14.7 Å². The molecule has 1 atom stereocenters. The molecular formula is C18H17BrF3NO2S. The van der Waals surface area contributed by atoms with Gasteiger partial charge in [0.1, 0.15) is 0 Å². The molecular weight excluding hydrogens is 431 g/mol. The van der Waals surface area contributed by atoms with Gasteiger partial charge in [-0.2, -0.15) is 13.2 Å². The van der Waals surface area contributed by atoms with Gasteiger partial charge in [0.2, 0.25) is 0 Å². The van der Waals surface area contributed by atoms with Crippen molar-refractivity contribution in [3.05, 3.63) is 56.2 Å². The van der Waals surface area contributed by atoms with Crippen LogP contribution in [0.15, 0.2) is 40.2 Å². The molecule has 2 heterocycles. The van der Waals surface area contributed by atoms with Crippen LogP contribution in [-0.4, -0.2) is 29.1 Å². The van der Waals surface area contributed by atoms with Crippen molar-refractivity contribution in [2.75, 3.05) is 13.1 Å². The van der Waals surface area contributed by atoms with Crippen molar-refractivity contribution < 1.29 is 23.1 Å². The molecule has 0 saturated carbocycles. The van der Waals surface area contributed by atoms with E-state index in [-0.39, 0.29) is 12.0 Å². The molecule has 1 aliphatic heterocycles. The second-order valence-corrected chi connectivity index (χ2v) is 8.81. The molecule has 8 heteroatoms. The fourth-order valence-corrected chi connectivity index (χ4v) is 4.91. The van der Waals surface area contributed by atoms with Crippen molar-refractivity contribution in [3.8, 4) is 0 Å². The fraction of sp³-hybridized carbons (Fsp3) is 0.389. The van der Waals surface area contributed by atoms with E-state index in [1.54, 1.807) is 6.07 Å². The summed E-state index contributed by atoms with van der Waals surface area (Å²) in [6.45, 7) is 1.07. The highest BCUT2D eigenvalue weighted by Gasteiger charge is 2.34. The van der Waals surface area contributed by atoms with Crippen molar-refractivity contribution in [3.63, 3.8) is 0 Å². The zero-order chi connectivity index (χ0) is 18.9. The van der Waals surface area contributed by atoms with Crippen LogP contribution in [0.1, 0.15) is 34.9 Å². The van der Waals surface area contributed by atoms with Crippen LogP contribution in [0.25, 0.3) is 0 Å². The third-order valence-corrected chi connectivity index (χ3v) is 6.31. The average molecular weight is 448 g/mol. The van der Waals surface area contributed by atoms with Crippen LogP contribution in [0.3, 0.4) is 0 Å². The number of nitrogens with zero attached hydrogens (tertiary/aromatic N) is 1. The van der Waals surface area contributed by atoms with Crippen molar-refractivity contribution in [2.24, 2.45) is 5.92 Å². The molecule has 1 aromatic carbocycles. The first kappa shape index (κ1) is 19.4. The Labute approximate surface area is 161 Å². The van der Waals surface area contributed by atoms with E-state index in [4.69, 9.17) is 0 Å². The molecule has 2 aromatic rings. The van der Waals surface area contributed by atoms with E-state index in [9.17, 15) is 23.1 Å². The third-order valence-electron chi connectivity index (χ3n) is 4.64. The van der Waals surface area contributed by atoms with Crippen LogP contribution in [0, 0.1) is 5.92 Å². The minimum Gasteiger partial charge on any atom is -0.481 e. The molecule has 1 fully saturated rings. The van der Waals surface area contributed by atoms with Gasteiger partial charge < -0.3 is 5.11 Å². The number of likely N-dealkylation sites (tertiary alicyclic amines) is 1. The van der Waals surface area contributed by atoms with Gasteiger partial charge in [0.25, 0.3) is 0 Å². The number of piperidine rings is 1. The molecule has 140 valence electrons. The number of carboxylic acids is 1. The van der Waals surface area contributed by atoms with Crippen molar-refractivity contribution >= 4 is 33.2 Å². The molecule has 0 radical (unpaired) electrons. The number of hydrogen-bond donors (Lipinski definition) is 1. The topological polar surface area (TPSA) is 40.5 Å². The molecule has 0 amide bonds. The molecule has 1 aromatic heterocycles. The minimum absolute atomic E-state index is 0.316. The summed E-state index contributed by atoms with van der Waals surface area (Å²) in [4.78, 5) is 14.2. The maximum Gasteiger partial charge on any atom is 0.416 e. The van der Waals surface area contributed by atoms with Crippen LogP contribution in [0.2, 0.25) is 0 Å². The number of thiophene rings is 1. The molecule has 1 unspecified atom stereocenters. The Morgan fingerprint density at radius 2 is 1.92 bits per heavy atom. The number of carbonyl (C=O) groups is 1. The van der Waals surface area contributed by atoms with Crippen molar-refractivity contribution in [1.29, 1.82) is 0 Å². The number of carboxylic acid groups (broad SMARTS) is 1. The molecule has 1 saturated heterocycles. The number of alkyl halides is 3. The maximum absolute atomic E-state index is 13.1. The lowest BCUT2D eigenvalue weighted by molar-refractivity contribution is -0.143. The summed E-state index contributed by atoms with van der Waals surface area (Å²) in [6, 6.07) is 8.87. The summed E-state index contributed by atoms with van der Waals surface area (Å²) in [5.74, 6) is -1.19. The lowest BCUT2D eigenvalue weighted by Gasteiger charge is -2.36. The third kappa shape index (κ3) is 4.29. The summed E-state index contributed by atoms with van der Waals surface area (Å²) >= 11 is 4.90. The van der Waals surface area contributed by atoms with E-state index in [2.05, 4.69) is 20.8 Å². The average Bonchev–Trinajstić information content (AvgIpc) is 3.01. The first-order chi connectivity index (χ1) is 12.3. The molecule has 3 nitrogen and oxygen atoms in total. The van der Waals surface area contributed by atoms with E-state index >= 15 is 0 Å². The molecule has 3 rings (SSSR count). The van der Waals surface area contributed by atoms with Crippen LogP contribution in [-0.2, 0) is 11.0 Å². The summed E-state index contributed by atoms with van der Waals surface area (Å²) < 4.78 is 40.3. The van der Waals surface area contributed by atoms with Crippen LogP contribution >= 0.6 is 27.3 Å². The number of hydrogen-bond acceptors (Lipinski definition) is 3. The van der Waals surface area contributed by atoms with Crippen LogP contribution < -0.4 is 0 Å². The Hall–Kier alpha value is -1.38. The number of benzene rings is 1. The van der Waals surface area contributed by atoms with Gasteiger partial charge in [-0.3, -0.25) is 9.69 Å². The van der Waals surface area contributed by atoms with Gasteiger partial charge in [0.15, 0.2) is 0 Å². The van der Waals surface area contributed by atoms with E-state index < -0.39 is 17.7 Å². The maximum atomic E-state index is 13.1. The molecule has 0 bridgehead atoms. The molecule has 0 spiro atoms. The minimum atomic E-state index is -4.40. The van der Waals surface area contributed by atoms with Gasteiger partial charge in [0.05, 0.1) is 21.3 Å². The summed E-state index contributed by atoms with van der Waals surface area (Å²) in [7, 11) is 0. The molecule has 0 aliphatic carbocycles. The van der Waals surface area contributed by atoms with Gasteiger partial charge >= 0.3 is 12.1 Å². The monoisotopic (exact) mass is 447 g/mol. The SMILES string of the molecule is O=C(O)C1CCN(C(c2cccc(C(F)(F)F)c2)c2ccc(Br)s2)CC1. The Morgan fingerprint density at radius 3 is 2.46 bits per heavy atom. The van der Waals surface area contributed by atoms with Gasteiger partial charge in [-0.15, -0.1) is 11.3 Å². The Balaban J connectivity index is 1.94. The quantitative estimate of drug-likeness (QED) is 0.680. The molecule has 1 N–H and O–H groups in total. The standard InChI is InChI=1S/C18H17BrF3NO2S/c19-15-5-4-14(26-15)16(23-8-6-11(7-9-23)17(24)25)12-2-1-3-13(10-12)18(20,21)22/h1-5,10-11,16H,6-9H2,(H,24,25). The van der Waals surface area contributed by atoms with Crippen LogP contribution in [0.4, 0.5) is 13.2 Å². The lowest BCUT2D eigenvalue weighted by atomic mass is 9.93. The first-order valence-electron chi connectivity index (χ1n) is 8.15. The molecule has 26 heavy (non-hydrogen) atoms. The highest BCUT2D eigenvalue weighted by atomic mass is 79.9. The second-order valence-electron chi connectivity index (χ2n) is 6.32. The van der Waals surface area contributed by atoms with Gasteiger partial charge in [-0.25, -0.2) is 0 Å². The zero-order valence-corrected chi connectivity index (χ0v) is 16.1. The summed E-state index contributed by atoms with van der Waals surface area (Å²) in [5, 5.41) is 9.18. The highest BCUT2D eigenvalue weighted by Crippen LogP contribution is 2.39. The predicted octanol–water partition coefficient (Wildman–Crippen LogP) is 5.42. The zero-order valence-electron chi connectivity index (χ0n) is 13.7. The summed E-state index contributed by atoms with van der Waals surface area (Å²) in [6.07, 6.45) is -3.40. The van der Waals surface area contributed by atoms with E-state index in [1.807, 2.05) is 12.1 Å². The normalized spacial score (nSPS) is 18.0. The number of halogens is 4. The van der Waals surface area contributed by atoms with Crippen LogP contribution in [0.5, 0.6) is 0 Å². The Bertz CT molecular complexity index is 785. The van der Waals surface area contributed by atoms with E-state index in [0.29, 0.717) is 31.5 Å². The number of rotatable bonds is 4. The van der Waals surface area contributed by atoms with Gasteiger partial charge in [-0.05, 0) is 71.7 Å². The molecule has 1 aliphatic rings. The first-order valence-corrected chi connectivity index (χ1v) is 9.76. The smallest absolute Gasteiger partial charge is 0.416 e. The second kappa shape index (κ2) is 7.70. The highest BCUT2D eigenvalue weighted by molar-refractivity contribution is 9.11. The van der Waals surface area contributed by atoms with Crippen molar-refractivity contribution in [2.45, 2.75) is 25.1 Å².